The average Bonchev–Trinajstić information content (AvgIpc) is 2.79. The number of fused-ring (bicyclic) bond motifs is 1. The van der Waals surface area contributed by atoms with Crippen LogP contribution in [-0.2, 0) is 22.6 Å². The second kappa shape index (κ2) is 9.55. The topological polar surface area (TPSA) is 52.7 Å². The molecule has 5 nitrogen and oxygen atoms in total. The summed E-state index contributed by atoms with van der Waals surface area (Å²) in [5.41, 5.74) is 2.27. The second-order valence-corrected chi connectivity index (χ2v) is 7.73. The van der Waals surface area contributed by atoms with E-state index in [4.69, 9.17) is 0 Å². The Labute approximate surface area is 177 Å². The number of rotatable bonds is 6. The van der Waals surface area contributed by atoms with Crippen molar-refractivity contribution in [2.45, 2.75) is 13.0 Å². The van der Waals surface area contributed by atoms with Crippen LogP contribution in [-0.4, -0.2) is 54.3 Å². The third-order valence-electron chi connectivity index (χ3n) is 5.64. The van der Waals surface area contributed by atoms with Gasteiger partial charge in [-0.1, -0.05) is 72.8 Å². The Kier molecular flexibility index (Phi) is 6.40. The van der Waals surface area contributed by atoms with Gasteiger partial charge in [-0.05, 0) is 21.9 Å². The standard InChI is InChI=1S/C25H27N3O2/c29-24(17-20-7-2-1-3-8-20)26-18-25(30)28-15-13-27(14-16-28)19-22-11-6-10-21-9-4-5-12-23(21)22/h1-12H,13-19H2,(H,26,29). The molecule has 1 N–H and O–H groups in total. The van der Waals surface area contributed by atoms with Gasteiger partial charge < -0.3 is 10.2 Å². The molecule has 0 atom stereocenters. The summed E-state index contributed by atoms with van der Waals surface area (Å²) in [6.07, 6.45) is 0.299. The van der Waals surface area contributed by atoms with Gasteiger partial charge in [-0.3, -0.25) is 14.5 Å². The molecule has 1 saturated heterocycles. The van der Waals surface area contributed by atoms with Crippen LogP contribution in [0.25, 0.3) is 10.8 Å². The smallest absolute Gasteiger partial charge is 0.242 e. The fourth-order valence-electron chi connectivity index (χ4n) is 3.96. The Bertz CT molecular complexity index is 1010. The first-order valence-corrected chi connectivity index (χ1v) is 10.5. The third kappa shape index (κ3) is 5.05. The van der Waals surface area contributed by atoms with Crippen molar-refractivity contribution in [2.75, 3.05) is 32.7 Å². The molecule has 0 spiro atoms. The molecule has 2 amide bonds. The fraction of sp³-hybridized carbons (Fsp3) is 0.280. The van der Waals surface area contributed by atoms with Crippen LogP contribution in [0.15, 0.2) is 72.8 Å². The van der Waals surface area contributed by atoms with Gasteiger partial charge in [0.25, 0.3) is 0 Å². The molecule has 0 bridgehead atoms. The summed E-state index contributed by atoms with van der Waals surface area (Å²) >= 11 is 0. The predicted molar refractivity (Wildman–Crippen MR) is 119 cm³/mol. The number of carbonyl (C=O) groups excluding carboxylic acids is 2. The number of piperazine rings is 1. The normalized spacial score (nSPS) is 14.6. The summed E-state index contributed by atoms with van der Waals surface area (Å²) in [6.45, 7) is 4.02. The second-order valence-electron chi connectivity index (χ2n) is 7.73. The molecule has 1 fully saturated rings. The Morgan fingerprint density at radius 1 is 0.800 bits per heavy atom. The molecule has 3 aromatic rings. The van der Waals surface area contributed by atoms with Crippen molar-refractivity contribution in [3.8, 4) is 0 Å². The highest BCUT2D eigenvalue weighted by Gasteiger charge is 2.21. The Morgan fingerprint density at radius 2 is 1.50 bits per heavy atom. The van der Waals surface area contributed by atoms with E-state index in [1.165, 1.54) is 16.3 Å². The minimum atomic E-state index is -0.121. The molecule has 3 aromatic carbocycles. The zero-order valence-corrected chi connectivity index (χ0v) is 17.1. The lowest BCUT2D eigenvalue weighted by molar-refractivity contribution is -0.134. The maximum atomic E-state index is 12.5. The van der Waals surface area contributed by atoms with Crippen LogP contribution >= 0.6 is 0 Å². The zero-order valence-electron chi connectivity index (χ0n) is 17.1. The summed E-state index contributed by atoms with van der Waals surface area (Å²) in [4.78, 5) is 28.8. The van der Waals surface area contributed by atoms with Crippen LogP contribution in [0.2, 0.25) is 0 Å². The summed E-state index contributed by atoms with van der Waals surface area (Å²) in [7, 11) is 0. The molecule has 0 radical (unpaired) electrons. The maximum Gasteiger partial charge on any atom is 0.242 e. The van der Waals surface area contributed by atoms with E-state index in [2.05, 4.69) is 52.7 Å². The van der Waals surface area contributed by atoms with E-state index >= 15 is 0 Å². The first-order chi connectivity index (χ1) is 14.7. The van der Waals surface area contributed by atoms with Gasteiger partial charge in [0, 0.05) is 32.7 Å². The first-order valence-electron chi connectivity index (χ1n) is 10.5. The molecule has 1 aliphatic heterocycles. The number of benzene rings is 3. The van der Waals surface area contributed by atoms with E-state index in [0.717, 1.165) is 25.2 Å². The largest absolute Gasteiger partial charge is 0.347 e. The Balaban J connectivity index is 1.24. The summed E-state index contributed by atoms with van der Waals surface area (Å²) < 4.78 is 0. The van der Waals surface area contributed by atoms with E-state index in [1.807, 2.05) is 35.2 Å². The van der Waals surface area contributed by atoms with Crippen molar-refractivity contribution in [1.29, 1.82) is 0 Å². The lowest BCUT2D eigenvalue weighted by atomic mass is 10.0. The molecule has 0 aromatic heterocycles. The van der Waals surface area contributed by atoms with Crippen molar-refractivity contribution in [3.05, 3.63) is 83.9 Å². The van der Waals surface area contributed by atoms with E-state index in [9.17, 15) is 9.59 Å². The van der Waals surface area contributed by atoms with Crippen LogP contribution in [0.1, 0.15) is 11.1 Å². The fourth-order valence-corrected chi connectivity index (χ4v) is 3.96. The monoisotopic (exact) mass is 401 g/mol. The van der Waals surface area contributed by atoms with E-state index in [-0.39, 0.29) is 18.4 Å². The maximum absolute atomic E-state index is 12.5. The highest BCUT2D eigenvalue weighted by molar-refractivity contribution is 5.86. The van der Waals surface area contributed by atoms with Crippen LogP contribution in [0.3, 0.4) is 0 Å². The van der Waals surface area contributed by atoms with Gasteiger partial charge in [0.1, 0.15) is 0 Å². The van der Waals surface area contributed by atoms with Crippen molar-refractivity contribution in [2.24, 2.45) is 0 Å². The van der Waals surface area contributed by atoms with Gasteiger partial charge in [0.2, 0.25) is 11.8 Å². The molecule has 1 aliphatic rings. The summed E-state index contributed by atoms with van der Waals surface area (Å²) in [5.74, 6) is -0.134. The van der Waals surface area contributed by atoms with E-state index in [0.29, 0.717) is 19.5 Å². The van der Waals surface area contributed by atoms with Crippen molar-refractivity contribution >= 4 is 22.6 Å². The number of nitrogens with one attached hydrogen (secondary N) is 1. The predicted octanol–water partition coefficient (Wildman–Crippen LogP) is 2.84. The number of nitrogens with zero attached hydrogens (tertiary/aromatic N) is 2. The Hall–Kier alpha value is -3.18. The van der Waals surface area contributed by atoms with Gasteiger partial charge >= 0.3 is 0 Å². The molecule has 5 heteroatoms. The van der Waals surface area contributed by atoms with Gasteiger partial charge in [-0.15, -0.1) is 0 Å². The van der Waals surface area contributed by atoms with Crippen molar-refractivity contribution in [1.82, 2.24) is 15.1 Å². The third-order valence-corrected chi connectivity index (χ3v) is 5.64. The Morgan fingerprint density at radius 3 is 2.30 bits per heavy atom. The first kappa shape index (κ1) is 20.1. The number of carbonyl (C=O) groups is 2. The number of hydrogen-bond acceptors (Lipinski definition) is 3. The lowest BCUT2D eigenvalue weighted by Crippen LogP contribution is -2.50. The number of amides is 2. The van der Waals surface area contributed by atoms with Gasteiger partial charge in [-0.25, -0.2) is 0 Å². The van der Waals surface area contributed by atoms with Crippen LogP contribution in [0.4, 0.5) is 0 Å². The van der Waals surface area contributed by atoms with Gasteiger partial charge in [0.15, 0.2) is 0 Å². The zero-order chi connectivity index (χ0) is 20.8. The molecule has 0 aliphatic carbocycles. The average molecular weight is 402 g/mol. The van der Waals surface area contributed by atoms with E-state index < -0.39 is 0 Å². The molecular formula is C25H27N3O2. The van der Waals surface area contributed by atoms with Crippen molar-refractivity contribution < 1.29 is 9.59 Å². The molecule has 154 valence electrons. The van der Waals surface area contributed by atoms with Crippen LogP contribution in [0, 0.1) is 0 Å². The number of hydrogen-bond donors (Lipinski definition) is 1. The lowest BCUT2D eigenvalue weighted by Gasteiger charge is -2.35. The molecule has 0 unspecified atom stereocenters. The minimum absolute atomic E-state index is 0.0128. The molecule has 0 saturated carbocycles. The minimum Gasteiger partial charge on any atom is -0.347 e. The molecule has 1 heterocycles. The summed E-state index contributed by atoms with van der Waals surface area (Å²) in [6, 6.07) is 24.4. The van der Waals surface area contributed by atoms with Gasteiger partial charge in [0.05, 0.1) is 13.0 Å². The quantitative estimate of drug-likeness (QED) is 0.691. The van der Waals surface area contributed by atoms with Crippen LogP contribution < -0.4 is 5.32 Å². The highest BCUT2D eigenvalue weighted by Crippen LogP contribution is 2.20. The molecule has 4 rings (SSSR count). The molecule has 30 heavy (non-hydrogen) atoms. The van der Waals surface area contributed by atoms with Crippen LogP contribution in [0.5, 0.6) is 0 Å². The van der Waals surface area contributed by atoms with Crippen molar-refractivity contribution in [3.63, 3.8) is 0 Å². The SMILES string of the molecule is O=C(Cc1ccccc1)NCC(=O)N1CCN(Cc2cccc3ccccc23)CC1. The highest BCUT2D eigenvalue weighted by atomic mass is 16.2. The summed E-state index contributed by atoms with van der Waals surface area (Å²) in [5, 5.41) is 5.31. The molecular weight excluding hydrogens is 374 g/mol. The van der Waals surface area contributed by atoms with Gasteiger partial charge in [-0.2, -0.15) is 0 Å². The van der Waals surface area contributed by atoms with E-state index in [1.54, 1.807) is 0 Å².